The van der Waals surface area contributed by atoms with Crippen molar-refractivity contribution in [3.63, 3.8) is 0 Å². The number of rotatable bonds is 4. The first-order chi connectivity index (χ1) is 10.2. The van der Waals surface area contributed by atoms with Crippen LogP contribution in [0.15, 0.2) is 34.8 Å². The topological polar surface area (TPSA) is 30.5 Å². The van der Waals surface area contributed by atoms with Crippen LogP contribution in [-0.2, 0) is 13.0 Å². The summed E-state index contributed by atoms with van der Waals surface area (Å²) < 4.78 is 11.9. The molecule has 1 aliphatic rings. The molecular formula is C16H15BrClNO2. The summed E-state index contributed by atoms with van der Waals surface area (Å²) in [6.45, 7) is 1.39. The first-order valence-electron chi connectivity index (χ1n) is 6.69. The average Bonchev–Trinajstić information content (AvgIpc) is 2.94. The zero-order valence-corrected chi connectivity index (χ0v) is 13.9. The molecule has 0 bridgehead atoms. The molecule has 0 radical (unpaired) electrons. The first-order valence-corrected chi connectivity index (χ1v) is 7.86. The van der Waals surface area contributed by atoms with E-state index in [1.165, 1.54) is 5.56 Å². The van der Waals surface area contributed by atoms with E-state index in [2.05, 4.69) is 21.2 Å². The summed E-state index contributed by atoms with van der Waals surface area (Å²) in [7, 11) is 1.65. The van der Waals surface area contributed by atoms with Crippen LogP contribution in [0.4, 0.5) is 5.69 Å². The van der Waals surface area contributed by atoms with E-state index >= 15 is 0 Å². The van der Waals surface area contributed by atoms with Crippen molar-refractivity contribution in [2.75, 3.05) is 19.0 Å². The molecule has 0 spiro atoms. The van der Waals surface area contributed by atoms with Crippen LogP contribution >= 0.6 is 27.5 Å². The van der Waals surface area contributed by atoms with Crippen LogP contribution < -0.4 is 14.8 Å². The quantitative estimate of drug-likeness (QED) is 0.851. The number of hydrogen-bond acceptors (Lipinski definition) is 3. The third kappa shape index (κ3) is 3.11. The zero-order valence-electron chi connectivity index (χ0n) is 11.6. The van der Waals surface area contributed by atoms with Crippen molar-refractivity contribution in [3.05, 3.63) is 51.0 Å². The maximum Gasteiger partial charge on any atom is 0.135 e. The molecule has 1 aliphatic heterocycles. The van der Waals surface area contributed by atoms with Crippen molar-refractivity contribution in [2.45, 2.75) is 13.0 Å². The largest absolute Gasteiger partial charge is 0.495 e. The molecule has 3 nitrogen and oxygen atoms in total. The second-order valence-electron chi connectivity index (χ2n) is 4.85. The minimum Gasteiger partial charge on any atom is -0.495 e. The van der Waals surface area contributed by atoms with Crippen LogP contribution in [0, 0.1) is 0 Å². The molecule has 1 heterocycles. The number of hydrogen-bond donors (Lipinski definition) is 1. The van der Waals surface area contributed by atoms with Gasteiger partial charge in [-0.15, -0.1) is 0 Å². The lowest BCUT2D eigenvalue weighted by atomic mass is 10.1. The molecule has 5 heteroatoms. The molecule has 0 fully saturated rings. The SMILES string of the molecule is COc1cc(NCc2cc(Cl)cc3c2OCC3)ccc1Br. The fourth-order valence-corrected chi connectivity index (χ4v) is 3.12. The maximum absolute atomic E-state index is 6.17. The Balaban J connectivity index is 1.79. The lowest BCUT2D eigenvalue weighted by Gasteiger charge is -2.12. The van der Waals surface area contributed by atoms with Crippen LogP contribution in [0.3, 0.4) is 0 Å². The number of ether oxygens (including phenoxy) is 2. The predicted molar refractivity (Wildman–Crippen MR) is 88.7 cm³/mol. The van der Waals surface area contributed by atoms with Crippen LogP contribution in [0.2, 0.25) is 5.02 Å². The standard InChI is InChI=1S/C16H15BrClNO2/c1-20-15-8-13(2-3-14(15)17)19-9-11-7-12(18)6-10-4-5-21-16(10)11/h2-3,6-8,19H,4-5,9H2,1H3. The van der Waals surface area contributed by atoms with Gasteiger partial charge in [0.15, 0.2) is 0 Å². The number of benzene rings is 2. The maximum atomic E-state index is 6.17. The minimum absolute atomic E-state index is 0.660. The highest BCUT2D eigenvalue weighted by Crippen LogP contribution is 2.34. The average molecular weight is 369 g/mol. The lowest BCUT2D eigenvalue weighted by Crippen LogP contribution is -2.02. The molecule has 2 aromatic carbocycles. The van der Waals surface area contributed by atoms with Gasteiger partial charge in [0.2, 0.25) is 0 Å². The number of fused-ring (bicyclic) bond motifs is 1. The van der Waals surface area contributed by atoms with Gasteiger partial charge in [0.1, 0.15) is 11.5 Å². The normalized spacial score (nSPS) is 12.7. The Labute approximate surface area is 137 Å². The van der Waals surface area contributed by atoms with Crippen molar-refractivity contribution in [1.29, 1.82) is 0 Å². The molecular weight excluding hydrogens is 354 g/mol. The monoisotopic (exact) mass is 367 g/mol. The van der Waals surface area contributed by atoms with Gasteiger partial charge in [-0.2, -0.15) is 0 Å². The molecule has 1 N–H and O–H groups in total. The first kappa shape index (κ1) is 14.5. The summed E-state index contributed by atoms with van der Waals surface area (Å²) in [5.74, 6) is 1.77. The van der Waals surface area contributed by atoms with E-state index in [9.17, 15) is 0 Å². The van der Waals surface area contributed by atoms with Crippen molar-refractivity contribution in [1.82, 2.24) is 0 Å². The van der Waals surface area contributed by atoms with Gasteiger partial charge in [0, 0.05) is 35.3 Å². The molecule has 0 amide bonds. The van der Waals surface area contributed by atoms with E-state index in [4.69, 9.17) is 21.1 Å². The van der Waals surface area contributed by atoms with Gasteiger partial charge in [-0.25, -0.2) is 0 Å². The highest BCUT2D eigenvalue weighted by atomic mass is 79.9. The van der Waals surface area contributed by atoms with Gasteiger partial charge in [0.25, 0.3) is 0 Å². The molecule has 2 aromatic rings. The van der Waals surface area contributed by atoms with Gasteiger partial charge in [-0.05, 0) is 45.8 Å². The molecule has 0 unspecified atom stereocenters. The highest BCUT2D eigenvalue weighted by Gasteiger charge is 2.17. The van der Waals surface area contributed by atoms with Gasteiger partial charge in [-0.1, -0.05) is 11.6 Å². The summed E-state index contributed by atoms with van der Waals surface area (Å²) in [5, 5.41) is 4.13. The number of anilines is 1. The Kier molecular flexibility index (Phi) is 4.27. The molecule has 0 aromatic heterocycles. The van der Waals surface area contributed by atoms with Gasteiger partial charge >= 0.3 is 0 Å². The molecule has 0 atom stereocenters. The van der Waals surface area contributed by atoms with Gasteiger partial charge in [0.05, 0.1) is 18.2 Å². The highest BCUT2D eigenvalue weighted by molar-refractivity contribution is 9.10. The van der Waals surface area contributed by atoms with Crippen molar-refractivity contribution in [3.8, 4) is 11.5 Å². The lowest BCUT2D eigenvalue weighted by molar-refractivity contribution is 0.354. The molecule has 21 heavy (non-hydrogen) atoms. The molecule has 3 rings (SSSR count). The van der Waals surface area contributed by atoms with Crippen LogP contribution in [0.1, 0.15) is 11.1 Å². The summed E-state index contributed by atoms with van der Waals surface area (Å²) in [4.78, 5) is 0. The van der Waals surface area contributed by atoms with E-state index < -0.39 is 0 Å². The number of methoxy groups -OCH3 is 1. The second kappa shape index (κ2) is 6.16. The zero-order chi connectivity index (χ0) is 14.8. The van der Waals surface area contributed by atoms with E-state index in [1.807, 2.05) is 30.3 Å². The van der Waals surface area contributed by atoms with Crippen molar-refractivity contribution >= 4 is 33.2 Å². The minimum atomic E-state index is 0.660. The predicted octanol–water partition coefficient (Wildman–Crippen LogP) is 4.66. The smallest absolute Gasteiger partial charge is 0.135 e. The van der Waals surface area contributed by atoms with Crippen LogP contribution in [0.5, 0.6) is 11.5 Å². The third-order valence-electron chi connectivity index (χ3n) is 3.46. The van der Waals surface area contributed by atoms with E-state index in [0.717, 1.165) is 45.3 Å². The summed E-state index contributed by atoms with van der Waals surface area (Å²) in [5.41, 5.74) is 3.26. The van der Waals surface area contributed by atoms with Crippen molar-refractivity contribution in [2.24, 2.45) is 0 Å². The number of nitrogens with one attached hydrogen (secondary N) is 1. The van der Waals surface area contributed by atoms with E-state index in [1.54, 1.807) is 7.11 Å². The van der Waals surface area contributed by atoms with Crippen molar-refractivity contribution < 1.29 is 9.47 Å². The Bertz CT molecular complexity index is 676. The number of halogens is 2. The molecule has 0 saturated heterocycles. The molecule has 110 valence electrons. The third-order valence-corrected chi connectivity index (χ3v) is 4.33. The second-order valence-corrected chi connectivity index (χ2v) is 6.15. The molecule has 0 saturated carbocycles. The summed E-state index contributed by atoms with van der Waals surface area (Å²) >= 11 is 9.62. The Morgan fingerprint density at radius 3 is 3.00 bits per heavy atom. The summed E-state index contributed by atoms with van der Waals surface area (Å²) in [6.07, 6.45) is 0.926. The fourth-order valence-electron chi connectivity index (χ4n) is 2.44. The Hall–Kier alpha value is -1.39. The van der Waals surface area contributed by atoms with E-state index in [0.29, 0.717) is 6.54 Å². The van der Waals surface area contributed by atoms with Gasteiger partial charge < -0.3 is 14.8 Å². The molecule has 0 aliphatic carbocycles. The van der Waals surface area contributed by atoms with Crippen LogP contribution in [0.25, 0.3) is 0 Å². The summed E-state index contributed by atoms with van der Waals surface area (Å²) in [6, 6.07) is 9.85. The Morgan fingerprint density at radius 1 is 1.33 bits per heavy atom. The van der Waals surface area contributed by atoms with Crippen LogP contribution in [-0.4, -0.2) is 13.7 Å². The van der Waals surface area contributed by atoms with E-state index in [-0.39, 0.29) is 0 Å². The van der Waals surface area contributed by atoms with Gasteiger partial charge in [-0.3, -0.25) is 0 Å². The fraction of sp³-hybridized carbons (Fsp3) is 0.250. The Morgan fingerprint density at radius 2 is 2.19 bits per heavy atom.